The highest BCUT2D eigenvalue weighted by molar-refractivity contribution is 7.97. The number of aliphatic imine (C=N–C) groups is 1. The van der Waals surface area contributed by atoms with E-state index >= 15 is 0 Å². The van der Waals surface area contributed by atoms with Gasteiger partial charge >= 0.3 is 0 Å². The van der Waals surface area contributed by atoms with Crippen LogP contribution in [0.5, 0.6) is 0 Å². The summed E-state index contributed by atoms with van der Waals surface area (Å²) >= 11 is 7.81. The van der Waals surface area contributed by atoms with Gasteiger partial charge in [-0.05, 0) is 60.2 Å². The van der Waals surface area contributed by atoms with Crippen LogP contribution in [0.2, 0.25) is 5.02 Å². The first-order valence-electron chi connectivity index (χ1n) is 10.6. The summed E-state index contributed by atoms with van der Waals surface area (Å²) < 4.78 is 2.37. The van der Waals surface area contributed by atoms with Gasteiger partial charge in [0, 0.05) is 42.1 Å². The SMILES string of the molecule is Clc1ccc(-c2ccc(SN3CCN=C3N3CCN(C4CCC4)CC3)cc2)cc1. The molecule has 2 aliphatic heterocycles. The molecule has 2 aromatic rings. The zero-order valence-electron chi connectivity index (χ0n) is 16.6. The number of piperazine rings is 1. The fraction of sp³-hybridized carbons (Fsp3) is 0.435. The van der Waals surface area contributed by atoms with Gasteiger partial charge < -0.3 is 4.90 Å². The van der Waals surface area contributed by atoms with Gasteiger partial charge in [-0.3, -0.25) is 14.2 Å². The average Bonchev–Trinajstić information content (AvgIpc) is 3.17. The highest BCUT2D eigenvalue weighted by Crippen LogP contribution is 2.30. The summed E-state index contributed by atoms with van der Waals surface area (Å²) in [7, 11) is 0. The Balaban J connectivity index is 1.20. The maximum absolute atomic E-state index is 6.00. The molecule has 1 saturated carbocycles. The first-order valence-corrected chi connectivity index (χ1v) is 11.8. The van der Waals surface area contributed by atoms with E-state index in [1.165, 1.54) is 54.3 Å². The van der Waals surface area contributed by atoms with E-state index in [0.29, 0.717) is 0 Å². The first kappa shape index (κ1) is 19.3. The van der Waals surface area contributed by atoms with Crippen molar-refractivity contribution in [3.05, 3.63) is 53.6 Å². The maximum Gasteiger partial charge on any atom is 0.207 e. The molecule has 3 aliphatic rings. The van der Waals surface area contributed by atoms with Gasteiger partial charge in [-0.15, -0.1) is 0 Å². The van der Waals surface area contributed by atoms with Crippen LogP contribution in [0, 0.1) is 0 Å². The molecule has 6 heteroatoms. The molecule has 1 saturated heterocycles. The van der Waals surface area contributed by atoms with Crippen LogP contribution in [0.3, 0.4) is 0 Å². The molecule has 0 amide bonds. The number of hydrogen-bond donors (Lipinski definition) is 0. The Kier molecular flexibility index (Phi) is 5.71. The molecular formula is C23H27ClN4S. The van der Waals surface area contributed by atoms with Crippen LogP contribution < -0.4 is 0 Å². The summed E-state index contributed by atoms with van der Waals surface area (Å²) in [6.07, 6.45) is 4.21. The zero-order chi connectivity index (χ0) is 19.6. The number of guanidine groups is 1. The molecule has 0 N–H and O–H groups in total. The van der Waals surface area contributed by atoms with Crippen molar-refractivity contribution in [3.8, 4) is 11.1 Å². The zero-order valence-corrected chi connectivity index (χ0v) is 18.2. The molecule has 152 valence electrons. The van der Waals surface area contributed by atoms with Crippen LogP contribution in [0.25, 0.3) is 11.1 Å². The van der Waals surface area contributed by atoms with Gasteiger partial charge in [0.15, 0.2) is 0 Å². The van der Waals surface area contributed by atoms with E-state index in [1.807, 2.05) is 24.1 Å². The Hall–Kier alpha value is -1.69. The van der Waals surface area contributed by atoms with Gasteiger partial charge in [-0.25, -0.2) is 0 Å². The lowest BCUT2D eigenvalue weighted by Crippen LogP contribution is -2.55. The van der Waals surface area contributed by atoms with Gasteiger partial charge in [0.05, 0.1) is 13.1 Å². The summed E-state index contributed by atoms with van der Waals surface area (Å²) in [5, 5.41) is 0.773. The summed E-state index contributed by atoms with van der Waals surface area (Å²) in [5.74, 6) is 1.17. The first-order chi connectivity index (χ1) is 14.3. The molecule has 0 atom stereocenters. The molecule has 0 spiro atoms. The average molecular weight is 427 g/mol. The summed E-state index contributed by atoms with van der Waals surface area (Å²) in [6, 6.07) is 17.7. The second kappa shape index (κ2) is 8.58. The van der Waals surface area contributed by atoms with E-state index in [4.69, 9.17) is 16.6 Å². The van der Waals surface area contributed by atoms with Crippen LogP contribution in [0.15, 0.2) is 58.4 Å². The third-order valence-corrected chi connectivity index (χ3v) is 7.52. The molecule has 29 heavy (non-hydrogen) atoms. The van der Waals surface area contributed by atoms with Gasteiger partial charge in [0.25, 0.3) is 0 Å². The van der Waals surface area contributed by atoms with E-state index in [-0.39, 0.29) is 0 Å². The van der Waals surface area contributed by atoms with E-state index in [1.54, 1.807) is 0 Å². The number of nitrogens with zero attached hydrogens (tertiary/aromatic N) is 4. The lowest BCUT2D eigenvalue weighted by Gasteiger charge is -2.44. The lowest BCUT2D eigenvalue weighted by molar-refractivity contribution is 0.0835. The van der Waals surface area contributed by atoms with Crippen molar-refractivity contribution in [2.45, 2.75) is 30.2 Å². The fourth-order valence-electron chi connectivity index (χ4n) is 4.28. The molecule has 0 radical (unpaired) electrons. The van der Waals surface area contributed by atoms with Crippen molar-refractivity contribution >= 4 is 29.5 Å². The third kappa shape index (κ3) is 4.27. The largest absolute Gasteiger partial charge is 0.340 e. The summed E-state index contributed by atoms with van der Waals surface area (Å²) in [6.45, 7) is 6.44. The van der Waals surface area contributed by atoms with Crippen molar-refractivity contribution in [2.75, 3.05) is 39.3 Å². The number of rotatable bonds is 4. The number of halogens is 1. The molecule has 0 aromatic heterocycles. The Morgan fingerprint density at radius 1 is 0.828 bits per heavy atom. The Labute approximate surface area is 182 Å². The van der Waals surface area contributed by atoms with Gasteiger partial charge in [0.2, 0.25) is 5.96 Å². The second-order valence-electron chi connectivity index (χ2n) is 8.01. The highest BCUT2D eigenvalue weighted by Gasteiger charge is 2.31. The van der Waals surface area contributed by atoms with Crippen LogP contribution >= 0.6 is 23.5 Å². The summed E-state index contributed by atoms with van der Waals surface area (Å²) in [4.78, 5) is 11.3. The molecule has 0 bridgehead atoms. The normalized spacial score (nSPS) is 20.7. The van der Waals surface area contributed by atoms with Crippen LogP contribution in [0.1, 0.15) is 19.3 Å². The van der Waals surface area contributed by atoms with Crippen LogP contribution in [-0.2, 0) is 0 Å². The second-order valence-corrected chi connectivity index (χ2v) is 9.55. The molecule has 2 heterocycles. The molecule has 1 aliphatic carbocycles. The van der Waals surface area contributed by atoms with Gasteiger partial charge in [-0.2, -0.15) is 0 Å². The van der Waals surface area contributed by atoms with Crippen molar-refractivity contribution in [1.29, 1.82) is 0 Å². The quantitative estimate of drug-likeness (QED) is 0.651. The minimum Gasteiger partial charge on any atom is -0.340 e. The predicted molar refractivity (Wildman–Crippen MR) is 123 cm³/mol. The van der Waals surface area contributed by atoms with E-state index in [2.05, 4.69) is 50.5 Å². The van der Waals surface area contributed by atoms with Crippen LogP contribution in [0.4, 0.5) is 0 Å². The monoisotopic (exact) mass is 426 g/mol. The number of hydrogen-bond acceptors (Lipinski definition) is 5. The fourth-order valence-corrected chi connectivity index (χ4v) is 5.35. The van der Waals surface area contributed by atoms with E-state index in [0.717, 1.165) is 37.2 Å². The van der Waals surface area contributed by atoms with Crippen molar-refractivity contribution in [1.82, 2.24) is 14.1 Å². The van der Waals surface area contributed by atoms with Crippen molar-refractivity contribution < 1.29 is 0 Å². The predicted octanol–water partition coefficient (Wildman–Crippen LogP) is 4.86. The smallest absolute Gasteiger partial charge is 0.207 e. The molecule has 5 rings (SSSR count). The van der Waals surface area contributed by atoms with Crippen molar-refractivity contribution in [3.63, 3.8) is 0 Å². The highest BCUT2D eigenvalue weighted by atomic mass is 35.5. The van der Waals surface area contributed by atoms with E-state index < -0.39 is 0 Å². The standard InChI is InChI=1S/C23H27ClN4S/c24-20-8-4-18(5-9-20)19-6-10-22(11-7-19)29-28-13-12-25-23(28)27-16-14-26(15-17-27)21-2-1-3-21/h4-11,21H,1-3,12-17H2. The molecule has 2 fully saturated rings. The maximum atomic E-state index is 6.00. The Bertz CT molecular complexity index is 855. The Morgan fingerprint density at radius 3 is 2.10 bits per heavy atom. The summed E-state index contributed by atoms with van der Waals surface area (Å²) in [5.41, 5.74) is 2.41. The minimum absolute atomic E-state index is 0.773. The Morgan fingerprint density at radius 2 is 1.48 bits per heavy atom. The molecule has 0 unspecified atom stereocenters. The van der Waals surface area contributed by atoms with Gasteiger partial charge in [-0.1, -0.05) is 42.3 Å². The number of benzene rings is 2. The van der Waals surface area contributed by atoms with E-state index in [9.17, 15) is 0 Å². The van der Waals surface area contributed by atoms with Gasteiger partial charge in [0.1, 0.15) is 0 Å². The topological polar surface area (TPSA) is 22.1 Å². The molecular weight excluding hydrogens is 400 g/mol. The van der Waals surface area contributed by atoms with Crippen LogP contribution in [-0.4, -0.2) is 65.4 Å². The molecule has 2 aromatic carbocycles. The third-order valence-electron chi connectivity index (χ3n) is 6.22. The van der Waals surface area contributed by atoms with Crippen molar-refractivity contribution in [2.24, 2.45) is 4.99 Å². The molecule has 4 nitrogen and oxygen atoms in total. The minimum atomic E-state index is 0.773. The lowest BCUT2D eigenvalue weighted by atomic mass is 9.91.